The lowest BCUT2D eigenvalue weighted by molar-refractivity contribution is 0.180. The number of pyridine rings is 1. The van der Waals surface area contributed by atoms with Gasteiger partial charge in [0, 0.05) is 18.1 Å². The fraction of sp³-hybridized carbons (Fsp3) is 0.438. The van der Waals surface area contributed by atoms with E-state index in [4.69, 9.17) is 4.74 Å². The van der Waals surface area contributed by atoms with E-state index in [1.54, 1.807) is 7.11 Å². The van der Waals surface area contributed by atoms with E-state index in [1.165, 1.54) is 24.6 Å². The van der Waals surface area contributed by atoms with Gasteiger partial charge in [-0.05, 0) is 41.8 Å². The molecule has 0 atom stereocenters. The van der Waals surface area contributed by atoms with E-state index >= 15 is 0 Å². The molecule has 1 N–H and O–H groups in total. The number of benzene rings is 1. The molecule has 0 unspecified atom stereocenters. The average Bonchev–Trinajstić information content (AvgIpc) is 2.42. The maximum Gasteiger partial charge on any atom is 0.133 e. The van der Waals surface area contributed by atoms with Crippen LogP contribution in [0.2, 0.25) is 0 Å². The number of nitrogens with zero attached hydrogens (tertiary/aromatic N) is 1. The summed E-state index contributed by atoms with van der Waals surface area (Å²) in [6.45, 7) is 3.34. The number of hydrogen-bond acceptors (Lipinski definition) is 3. The lowest BCUT2D eigenvalue weighted by atomic mass is 9.70. The van der Waals surface area contributed by atoms with Crippen molar-refractivity contribution in [1.29, 1.82) is 0 Å². The molecule has 1 saturated carbocycles. The number of ether oxygens (including phenoxy) is 1. The quantitative estimate of drug-likeness (QED) is 0.902. The second-order valence-electron chi connectivity index (χ2n) is 5.76. The van der Waals surface area contributed by atoms with Crippen LogP contribution >= 0.6 is 0 Å². The van der Waals surface area contributed by atoms with E-state index in [2.05, 4.69) is 23.3 Å². The summed E-state index contributed by atoms with van der Waals surface area (Å²) in [5.41, 5.74) is 0.447. The van der Waals surface area contributed by atoms with E-state index in [0.717, 1.165) is 23.5 Å². The highest BCUT2D eigenvalue weighted by Gasteiger charge is 2.31. The van der Waals surface area contributed by atoms with Crippen molar-refractivity contribution >= 4 is 16.6 Å². The number of nitrogens with one attached hydrogen (secondary N) is 1. The first-order valence-corrected chi connectivity index (χ1v) is 6.87. The molecule has 1 heterocycles. The third-order valence-electron chi connectivity index (χ3n) is 4.22. The van der Waals surface area contributed by atoms with Crippen molar-refractivity contribution in [2.24, 2.45) is 5.41 Å². The van der Waals surface area contributed by atoms with Crippen LogP contribution in [-0.4, -0.2) is 18.6 Å². The minimum atomic E-state index is 0.447. The van der Waals surface area contributed by atoms with Gasteiger partial charge in [0.25, 0.3) is 0 Å². The van der Waals surface area contributed by atoms with E-state index in [1.807, 2.05) is 24.4 Å². The molecule has 0 bridgehead atoms. The van der Waals surface area contributed by atoms with Gasteiger partial charge in [-0.25, -0.2) is 4.98 Å². The third-order valence-corrected chi connectivity index (χ3v) is 4.22. The molecule has 0 saturated heterocycles. The molecule has 1 aliphatic rings. The molecule has 100 valence electrons. The Morgan fingerprint density at radius 1 is 1.32 bits per heavy atom. The monoisotopic (exact) mass is 256 g/mol. The van der Waals surface area contributed by atoms with Crippen molar-refractivity contribution in [3.8, 4) is 5.75 Å². The Morgan fingerprint density at radius 3 is 2.84 bits per heavy atom. The highest BCUT2D eigenvalue weighted by molar-refractivity contribution is 5.92. The van der Waals surface area contributed by atoms with Gasteiger partial charge in [-0.3, -0.25) is 0 Å². The largest absolute Gasteiger partial charge is 0.497 e. The lowest BCUT2D eigenvalue weighted by Gasteiger charge is -2.38. The second-order valence-corrected chi connectivity index (χ2v) is 5.76. The maximum atomic E-state index is 5.30. The van der Waals surface area contributed by atoms with Crippen LogP contribution in [0, 0.1) is 5.41 Å². The number of hydrogen-bond donors (Lipinski definition) is 1. The van der Waals surface area contributed by atoms with Gasteiger partial charge in [0.2, 0.25) is 0 Å². The Hall–Kier alpha value is -1.77. The molecule has 3 rings (SSSR count). The Morgan fingerprint density at radius 2 is 2.16 bits per heavy atom. The summed E-state index contributed by atoms with van der Waals surface area (Å²) < 4.78 is 5.30. The van der Waals surface area contributed by atoms with Gasteiger partial charge in [-0.1, -0.05) is 19.4 Å². The van der Waals surface area contributed by atoms with E-state index in [9.17, 15) is 0 Å². The molecule has 0 aliphatic heterocycles. The summed E-state index contributed by atoms with van der Waals surface area (Å²) in [7, 11) is 1.69. The molecular weight excluding hydrogens is 236 g/mol. The van der Waals surface area contributed by atoms with Crippen LogP contribution < -0.4 is 10.1 Å². The zero-order chi connectivity index (χ0) is 13.3. The Kier molecular flexibility index (Phi) is 3.05. The van der Waals surface area contributed by atoms with Gasteiger partial charge in [0.05, 0.1) is 7.11 Å². The van der Waals surface area contributed by atoms with Crippen LogP contribution in [0.5, 0.6) is 5.75 Å². The van der Waals surface area contributed by atoms with Crippen LogP contribution in [0.25, 0.3) is 10.8 Å². The molecule has 1 aromatic heterocycles. The summed E-state index contributed by atoms with van der Waals surface area (Å²) >= 11 is 0. The standard InChI is InChI=1S/C16H20N2O/c1-16(7-3-8-16)11-18-15-14-10-13(19-2)5-4-12(14)6-9-17-15/h4-6,9-10H,3,7-8,11H2,1-2H3,(H,17,18). The molecular formula is C16H20N2O. The number of rotatable bonds is 4. The Labute approximate surface area is 114 Å². The maximum absolute atomic E-state index is 5.30. The predicted molar refractivity (Wildman–Crippen MR) is 78.7 cm³/mol. The molecule has 3 nitrogen and oxygen atoms in total. The summed E-state index contributed by atoms with van der Waals surface area (Å²) in [4.78, 5) is 4.48. The smallest absolute Gasteiger partial charge is 0.133 e. The van der Waals surface area contributed by atoms with Crippen molar-refractivity contribution in [2.75, 3.05) is 19.0 Å². The van der Waals surface area contributed by atoms with Gasteiger partial charge in [0.1, 0.15) is 11.6 Å². The van der Waals surface area contributed by atoms with Crippen LogP contribution in [0.3, 0.4) is 0 Å². The molecule has 1 aliphatic carbocycles. The topological polar surface area (TPSA) is 34.1 Å². The molecule has 2 aromatic rings. The zero-order valence-electron chi connectivity index (χ0n) is 11.6. The number of anilines is 1. The van der Waals surface area contributed by atoms with Crippen molar-refractivity contribution in [3.05, 3.63) is 30.5 Å². The molecule has 0 radical (unpaired) electrons. The van der Waals surface area contributed by atoms with Crippen molar-refractivity contribution < 1.29 is 4.74 Å². The van der Waals surface area contributed by atoms with Crippen molar-refractivity contribution in [1.82, 2.24) is 4.98 Å². The average molecular weight is 256 g/mol. The van der Waals surface area contributed by atoms with Crippen molar-refractivity contribution in [3.63, 3.8) is 0 Å². The molecule has 0 spiro atoms. The predicted octanol–water partition coefficient (Wildman–Crippen LogP) is 3.85. The minimum Gasteiger partial charge on any atom is -0.497 e. The van der Waals surface area contributed by atoms with Crippen LogP contribution in [0.4, 0.5) is 5.82 Å². The highest BCUT2D eigenvalue weighted by atomic mass is 16.5. The van der Waals surface area contributed by atoms with Crippen molar-refractivity contribution in [2.45, 2.75) is 26.2 Å². The SMILES string of the molecule is COc1ccc2ccnc(NCC3(C)CCC3)c2c1. The second kappa shape index (κ2) is 4.72. The zero-order valence-corrected chi connectivity index (χ0v) is 11.6. The molecule has 0 amide bonds. The molecule has 1 aromatic carbocycles. The van der Waals surface area contributed by atoms with Gasteiger partial charge in [-0.15, -0.1) is 0 Å². The fourth-order valence-corrected chi connectivity index (χ4v) is 2.67. The first-order valence-electron chi connectivity index (χ1n) is 6.87. The van der Waals surface area contributed by atoms with Crippen LogP contribution in [0.15, 0.2) is 30.5 Å². The summed E-state index contributed by atoms with van der Waals surface area (Å²) in [6.07, 6.45) is 5.84. The molecule has 19 heavy (non-hydrogen) atoms. The van der Waals surface area contributed by atoms with Gasteiger partial charge >= 0.3 is 0 Å². The third kappa shape index (κ3) is 2.37. The fourth-order valence-electron chi connectivity index (χ4n) is 2.67. The lowest BCUT2D eigenvalue weighted by Crippen LogP contribution is -2.33. The summed E-state index contributed by atoms with van der Waals surface area (Å²) in [5.74, 6) is 1.84. The van der Waals surface area contributed by atoms with E-state index < -0.39 is 0 Å². The number of aromatic nitrogens is 1. The minimum absolute atomic E-state index is 0.447. The summed E-state index contributed by atoms with van der Waals surface area (Å²) in [5, 5.41) is 5.84. The van der Waals surface area contributed by atoms with Gasteiger partial charge in [0.15, 0.2) is 0 Å². The van der Waals surface area contributed by atoms with Crippen LogP contribution in [-0.2, 0) is 0 Å². The number of methoxy groups -OCH3 is 1. The normalized spacial score (nSPS) is 16.9. The summed E-state index contributed by atoms with van der Waals surface area (Å²) in [6, 6.07) is 8.14. The number of fused-ring (bicyclic) bond motifs is 1. The van der Waals surface area contributed by atoms with Gasteiger partial charge in [-0.2, -0.15) is 0 Å². The first kappa shape index (κ1) is 12.3. The van der Waals surface area contributed by atoms with E-state index in [0.29, 0.717) is 5.41 Å². The van der Waals surface area contributed by atoms with Gasteiger partial charge < -0.3 is 10.1 Å². The first-order chi connectivity index (χ1) is 9.20. The molecule has 1 fully saturated rings. The van der Waals surface area contributed by atoms with E-state index in [-0.39, 0.29) is 0 Å². The van der Waals surface area contributed by atoms with Crippen LogP contribution in [0.1, 0.15) is 26.2 Å². The molecule has 3 heteroatoms. The Balaban J connectivity index is 1.89. The Bertz CT molecular complexity index is 590. The highest BCUT2D eigenvalue weighted by Crippen LogP contribution is 2.40.